The van der Waals surface area contributed by atoms with Crippen LogP contribution >= 0.6 is 15.9 Å². The molecule has 0 bridgehead atoms. The minimum atomic E-state index is -0.423. The van der Waals surface area contributed by atoms with E-state index in [4.69, 9.17) is 9.47 Å². The molecule has 1 amide bonds. The Morgan fingerprint density at radius 3 is 2.57 bits per heavy atom. The van der Waals surface area contributed by atoms with E-state index in [0.29, 0.717) is 25.3 Å². The fourth-order valence-electron chi connectivity index (χ4n) is 1.86. The zero-order chi connectivity index (χ0) is 15.8. The zero-order valence-electron chi connectivity index (χ0n) is 12.5. The molecule has 1 aromatic rings. The van der Waals surface area contributed by atoms with Crippen LogP contribution in [0.1, 0.15) is 22.8 Å². The molecule has 6 heteroatoms. The van der Waals surface area contributed by atoms with Gasteiger partial charge in [0.15, 0.2) is 0 Å². The highest BCUT2D eigenvalue weighted by molar-refractivity contribution is 9.10. The van der Waals surface area contributed by atoms with Gasteiger partial charge in [-0.15, -0.1) is 0 Å². The lowest BCUT2D eigenvalue weighted by Gasteiger charge is -2.21. The lowest BCUT2D eigenvalue weighted by atomic mass is 10.1. The van der Waals surface area contributed by atoms with E-state index in [1.54, 1.807) is 26.2 Å². The molecule has 0 aliphatic heterocycles. The number of halogens is 1. The maximum Gasteiger partial charge on any atom is 0.325 e. The van der Waals surface area contributed by atoms with E-state index in [9.17, 15) is 9.59 Å². The number of amides is 1. The Labute approximate surface area is 133 Å². The van der Waals surface area contributed by atoms with Crippen molar-refractivity contribution >= 4 is 27.8 Å². The molecule has 1 rings (SSSR count). The first kappa shape index (κ1) is 17.7. The van der Waals surface area contributed by atoms with Gasteiger partial charge in [-0.05, 0) is 37.6 Å². The SMILES string of the molecule is CCOC(=O)CN(CCOC)C(=O)c1cc(C)cc(Br)c1. The van der Waals surface area contributed by atoms with Crippen LogP contribution in [0.25, 0.3) is 0 Å². The average Bonchev–Trinajstić information content (AvgIpc) is 2.41. The molecule has 0 spiro atoms. The first-order valence-corrected chi connectivity index (χ1v) is 7.48. The van der Waals surface area contributed by atoms with Crippen LogP contribution < -0.4 is 0 Å². The molecule has 116 valence electrons. The van der Waals surface area contributed by atoms with Crippen LogP contribution in [-0.2, 0) is 14.3 Å². The van der Waals surface area contributed by atoms with Crippen LogP contribution in [0.5, 0.6) is 0 Å². The Morgan fingerprint density at radius 2 is 2.00 bits per heavy atom. The number of aryl methyl sites for hydroxylation is 1. The molecule has 0 saturated heterocycles. The summed E-state index contributed by atoms with van der Waals surface area (Å²) in [7, 11) is 1.55. The molecule has 0 saturated carbocycles. The van der Waals surface area contributed by atoms with Gasteiger partial charge < -0.3 is 14.4 Å². The van der Waals surface area contributed by atoms with Gasteiger partial charge in [0.1, 0.15) is 6.54 Å². The predicted octanol–water partition coefficient (Wildman–Crippen LogP) is 2.41. The molecule has 0 radical (unpaired) electrons. The summed E-state index contributed by atoms with van der Waals surface area (Å²) in [6.45, 7) is 4.55. The molecule has 0 heterocycles. The molecule has 0 aliphatic carbocycles. The number of benzene rings is 1. The molecule has 0 atom stereocenters. The lowest BCUT2D eigenvalue weighted by molar-refractivity contribution is -0.143. The number of hydrogen-bond donors (Lipinski definition) is 0. The molecular weight excluding hydrogens is 338 g/mol. The Bertz CT molecular complexity index is 484. The number of carbonyl (C=O) groups is 2. The lowest BCUT2D eigenvalue weighted by Crippen LogP contribution is -2.38. The Hall–Kier alpha value is -1.40. The van der Waals surface area contributed by atoms with Crippen LogP contribution in [-0.4, -0.2) is 50.2 Å². The fourth-order valence-corrected chi connectivity index (χ4v) is 2.47. The van der Waals surface area contributed by atoms with E-state index in [1.165, 1.54) is 4.90 Å². The van der Waals surface area contributed by atoms with E-state index >= 15 is 0 Å². The third-order valence-electron chi connectivity index (χ3n) is 2.77. The Morgan fingerprint density at radius 1 is 1.29 bits per heavy atom. The summed E-state index contributed by atoms with van der Waals surface area (Å²) in [5.74, 6) is -0.641. The number of nitrogens with zero attached hydrogens (tertiary/aromatic N) is 1. The van der Waals surface area contributed by atoms with Crippen molar-refractivity contribution in [3.8, 4) is 0 Å². The van der Waals surface area contributed by atoms with Gasteiger partial charge in [0.25, 0.3) is 5.91 Å². The number of ether oxygens (including phenoxy) is 2. The van der Waals surface area contributed by atoms with Gasteiger partial charge in [-0.1, -0.05) is 15.9 Å². The van der Waals surface area contributed by atoms with E-state index in [2.05, 4.69) is 15.9 Å². The van der Waals surface area contributed by atoms with Crippen molar-refractivity contribution in [1.29, 1.82) is 0 Å². The molecule has 0 unspecified atom stereocenters. The molecule has 0 N–H and O–H groups in total. The van der Waals surface area contributed by atoms with Crippen molar-refractivity contribution < 1.29 is 19.1 Å². The highest BCUT2D eigenvalue weighted by Crippen LogP contribution is 2.17. The Balaban J connectivity index is 2.90. The topological polar surface area (TPSA) is 55.8 Å². The normalized spacial score (nSPS) is 10.3. The second kappa shape index (κ2) is 8.79. The van der Waals surface area contributed by atoms with Gasteiger partial charge in [-0.3, -0.25) is 9.59 Å². The minimum Gasteiger partial charge on any atom is -0.465 e. The largest absolute Gasteiger partial charge is 0.465 e. The van der Waals surface area contributed by atoms with Gasteiger partial charge in [0, 0.05) is 23.7 Å². The highest BCUT2D eigenvalue weighted by Gasteiger charge is 2.19. The van der Waals surface area contributed by atoms with Gasteiger partial charge in [-0.2, -0.15) is 0 Å². The van der Waals surface area contributed by atoms with Gasteiger partial charge in [-0.25, -0.2) is 0 Å². The van der Waals surface area contributed by atoms with Gasteiger partial charge >= 0.3 is 5.97 Å². The molecule has 0 aliphatic rings. The third kappa shape index (κ3) is 5.85. The maximum atomic E-state index is 12.5. The standard InChI is InChI=1S/C15H20BrNO4/c1-4-21-14(18)10-17(5-6-20-3)15(19)12-7-11(2)8-13(16)9-12/h7-9H,4-6,10H2,1-3H3. The van der Waals surface area contributed by atoms with Crippen LogP contribution in [0.4, 0.5) is 0 Å². The monoisotopic (exact) mass is 357 g/mol. The quantitative estimate of drug-likeness (QED) is 0.703. The second-order valence-corrected chi connectivity index (χ2v) is 5.46. The Kier molecular flexibility index (Phi) is 7.39. The summed E-state index contributed by atoms with van der Waals surface area (Å²) < 4.78 is 10.7. The van der Waals surface area contributed by atoms with Gasteiger partial charge in [0.05, 0.1) is 13.2 Å². The first-order valence-electron chi connectivity index (χ1n) is 6.69. The molecular formula is C15H20BrNO4. The second-order valence-electron chi connectivity index (χ2n) is 4.54. The van der Waals surface area contributed by atoms with Crippen molar-refractivity contribution in [2.75, 3.05) is 33.4 Å². The number of methoxy groups -OCH3 is 1. The fraction of sp³-hybridized carbons (Fsp3) is 0.467. The third-order valence-corrected chi connectivity index (χ3v) is 3.22. The summed E-state index contributed by atoms with van der Waals surface area (Å²) >= 11 is 3.37. The van der Waals surface area contributed by atoms with E-state index in [0.717, 1.165) is 10.0 Å². The van der Waals surface area contributed by atoms with Crippen LogP contribution in [0.2, 0.25) is 0 Å². The maximum absolute atomic E-state index is 12.5. The van der Waals surface area contributed by atoms with Crippen molar-refractivity contribution in [2.45, 2.75) is 13.8 Å². The van der Waals surface area contributed by atoms with E-state index in [1.807, 2.05) is 13.0 Å². The van der Waals surface area contributed by atoms with Crippen molar-refractivity contribution in [3.63, 3.8) is 0 Å². The van der Waals surface area contributed by atoms with Crippen molar-refractivity contribution in [1.82, 2.24) is 4.90 Å². The average molecular weight is 358 g/mol. The van der Waals surface area contributed by atoms with Crippen LogP contribution in [0, 0.1) is 6.92 Å². The molecule has 0 aromatic heterocycles. The minimum absolute atomic E-state index is 0.0818. The van der Waals surface area contributed by atoms with E-state index < -0.39 is 5.97 Å². The number of esters is 1. The summed E-state index contributed by atoms with van der Waals surface area (Å²) in [6, 6.07) is 5.44. The van der Waals surface area contributed by atoms with Crippen molar-refractivity contribution in [3.05, 3.63) is 33.8 Å². The summed E-state index contributed by atoms with van der Waals surface area (Å²) in [5.41, 5.74) is 1.50. The van der Waals surface area contributed by atoms with E-state index in [-0.39, 0.29) is 12.5 Å². The predicted molar refractivity (Wildman–Crippen MR) is 83.3 cm³/mol. The highest BCUT2D eigenvalue weighted by atomic mass is 79.9. The summed E-state index contributed by atoms with van der Waals surface area (Å²) in [4.78, 5) is 25.6. The first-order chi connectivity index (χ1) is 9.97. The molecule has 5 nitrogen and oxygen atoms in total. The molecule has 21 heavy (non-hydrogen) atoms. The van der Waals surface area contributed by atoms with Crippen LogP contribution in [0.15, 0.2) is 22.7 Å². The number of hydrogen-bond acceptors (Lipinski definition) is 4. The van der Waals surface area contributed by atoms with Crippen molar-refractivity contribution in [2.24, 2.45) is 0 Å². The van der Waals surface area contributed by atoms with Crippen LogP contribution in [0.3, 0.4) is 0 Å². The zero-order valence-corrected chi connectivity index (χ0v) is 14.1. The molecule has 1 aromatic carbocycles. The molecule has 0 fully saturated rings. The van der Waals surface area contributed by atoms with Gasteiger partial charge in [0.2, 0.25) is 0 Å². The number of rotatable bonds is 7. The summed E-state index contributed by atoms with van der Waals surface area (Å²) in [5, 5.41) is 0. The number of carbonyl (C=O) groups excluding carboxylic acids is 2. The summed E-state index contributed by atoms with van der Waals surface area (Å²) in [6.07, 6.45) is 0. The smallest absolute Gasteiger partial charge is 0.325 e.